The molecule has 4 heterocycles. The zero-order valence-corrected chi connectivity index (χ0v) is 44.1. The predicted octanol–water partition coefficient (Wildman–Crippen LogP) is 9.23. The number of rotatable bonds is 11. The number of aliphatic hydroxyl groups is 2. The van der Waals surface area contributed by atoms with Gasteiger partial charge in [-0.05, 0) is 109 Å². The number of aliphatic hydroxyl groups excluding tert-OH is 1. The second-order valence-electron chi connectivity index (χ2n) is 21.0. The number of urea groups is 1. The zero-order chi connectivity index (χ0) is 54.1. The first-order chi connectivity index (χ1) is 38.0. The quantitative estimate of drug-likeness (QED) is 0.0643. The fraction of sp³-hybridized carbons (Fsp3) is 0.344. The average Bonchev–Trinajstić information content (AvgIpc) is 4.05. The molecule has 7 unspecified atom stereocenters. The lowest BCUT2D eigenvalue weighted by molar-refractivity contribution is -0.179. The number of nitrogens with one attached hydrogen (secondary N) is 1. The summed E-state index contributed by atoms with van der Waals surface area (Å²) >= 11 is 0. The van der Waals surface area contributed by atoms with Gasteiger partial charge in [0.15, 0.2) is 11.5 Å². The summed E-state index contributed by atoms with van der Waals surface area (Å²) in [6.45, 7) is 1.71. The van der Waals surface area contributed by atoms with Crippen molar-refractivity contribution in [1.29, 1.82) is 0 Å². The third kappa shape index (κ3) is 9.23. The highest BCUT2D eigenvalue weighted by molar-refractivity contribution is 6.25. The highest BCUT2D eigenvalue weighted by atomic mass is 16.6. The SMILES string of the molecule is COc1cc2c(cc1OC)CN(C(=O)C1C3C(=O)OC(c4ccccc4)C(c4ccccc4)N3C(c3ccccc3OCCO)C13C(=O)N(C(=O)NC(C)c1ccccc1)c1ccc(C#CC4(O)CCCCCC4)cc13)CC2. The normalized spacial score (nSPS) is 23.6. The Bertz CT molecular complexity index is 3280. The van der Waals surface area contributed by atoms with Crippen LogP contribution in [0.3, 0.4) is 0 Å². The second-order valence-corrected chi connectivity index (χ2v) is 21.0. The van der Waals surface area contributed by atoms with Gasteiger partial charge in [-0.25, -0.2) is 9.69 Å². The number of hydrogen-bond acceptors (Lipinski definition) is 11. The Balaban J connectivity index is 1.20. The van der Waals surface area contributed by atoms with E-state index in [0.717, 1.165) is 52.8 Å². The van der Waals surface area contributed by atoms with Crippen LogP contribution in [-0.4, -0.2) is 89.4 Å². The average molecular weight is 1050 g/mol. The van der Waals surface area contributed by atoms with E-state index in [2.05, 4.69) is 17.2 Å². The molecule has 1 aliphatic carbocycles. The van der Waals surface area contributed by atoms with Crippen LogP contribution < -0.4 is 24.4 Å². The number of carbonyl (C=O) groups excluding carboxylic acids is 4. The molecule has 0 aromatic heterocycles. The molecule has 14 heteroatoms. The molecule has 3 N–H and O–H groups in total. The lowest BCUT2D eigenvalue weighted by Crippen LogP contribution is -2.57. The molecule has 4 amide bonds. The molecule has 6 aromatic carbocycles. The molecule has 11 rings (SSSR count). The van der Waals surface area contributed by atoms with Crippen molar-refractivity contribution < 1.29 is 48.3 Å². The number of imide groups is 1. The van der Waals surface area contributed by atoms with Crippen LogP contribution >= 0.6 is 0 Å². The predicted molar refractivity (Wildman–Crippen MR) is 293 cm³/mol. The van der Waals surface area contributed by atoms with E-state index in [4.69, 9.17) is 18.9 Å². The zero-order valence-electron chi connectivity index (χ0n) is 44.1. The largest absolute Gasteiger partial charge is 0.493 e. The topological polar surface area (TPSA) is 167 Å². The van der Waals surface area contributed by atoms with Crippen molar-refractivity contribution >= 4 is 29.5 Å². The van der Waals surface area contributed by atoms with Crippen molar-refractivity contribution in [2.24, 2.45) is 5.92 Å². The van der Waals surface area contributed by atoms with Crippen molar-refractivity contribution in [2.45, 2.75) is 99.7 Å². The Labute approximate surface area is 454 Å². The number of hydrogen-bond donors (Lipinski definition) is 3. The molecule has 0 bridgehead atoms. The highest BCUT2D eigenvalue weighted by Gasteiger charge is 2.76. The number of ether oxygens (including phenoxy) is 4. The number of fused-ring (bicyclic) bond motifs is 4. The third-order valence-electron chi connectivity index (χ3n) is 16.5. The number of cyclic esters (lactones) is 1. The summed E-state index contributed by atoms with van der Waals surface area (Å²) in [5.41, 5.74) is 2.00. The van der Waals surface area contributed by atoms with Crippen molar-refractivity contribution in [3.8, 4) is 29.1 Å². The van der Waals surface area contributed by atoms with Crippen molar-refractivity contribution in [1.82, 2.24) is 15.1 Å². The number of anilines is 1. The third-order valence-corrected chi connectivity index (χ3v) is 16.5. The second kappa shape index (κ2) is 21.8. The summed E-state index contributed by atoms with van der Waals surface area (Å²) in [6.07, 6.45) is 4.10. The van der Waals surface area contributed by atoms with E-state index < -0.39 is 71.0 Å². The fourth-order valence-electron chi connectivity index (χ4n) is 12.9. The molecule has 6 aromatic rings. The number of carbonyl (C=O) groups is 4. The molecular weight excluding hydrogens is 985 g/mol. The Hall–Kier alpha value is -7.96. The van der Waals surface area contributed by atoms with Gasteiger partial charge in [0.05, 0.1) is 50.6 Å². The first-order valence-corrected chi connectivity index (χ1v) is 27.0. The number of para-hydroxylation sites is 1. The molecule has 5 aliphatic rings. The van der Waals surface area contributed by atoms with Gasteiger partial charge < -0.3 is 39.4 Å². The van der Waals surface area contributed by atoms with Gasteiger partial charge in [0.1, 0.15) is 35.5 Å². The van der Waals surface area contributed by atoms with Crippen molar-refractivity contribution in [3.05, 3.63) is 190 Å². The monoisotopic (exact) mass is 1050 g/mol. The van der Waals surface area contributed by atoms with Crippen LogP contribution in [0.25, 0.3) is 0 Å². The Kier molecular flexibility index (Phi) is 14.6. The molecule has 78 heavy (non-hydrogen) atoms. The molecule has 14 nitrogen and oxygen atoms in total. The number of nitrogens with zero attached hydrogens (tertiary/aromatic N) is 3. The number of amides is 4. The van der Waals surface area contributed by atoms with Gasteiger partial charge in [-0.2, -0.15) is 0 Å². The lowest BCUT2D eigenvalue weighted by Gasteiger charge is -2.46. The van der Waals surface area contributed by atoms with E-state index in [1.54, 1.807) is 49.5 Å². The number of methoxy groups -OCH3 is 2. The van der Waals surface area contributed by atoms with Crippen LogP contribution in [-0.2, 0) is 37.5 Å². The van der Waals surface area contributed by atoms with Crippen LogP contribution in [0.15, 0.2) is 146 Å². The summed E-state index contributed by atoms with van der Waals surface area (Å²) < 4.78 is 24.6. The van der Waals surface area contributed by atoms with Crippen LogP contribution in [0.5, 0.6) is 17.2 Å². The fourth-order valence-corrected chi connectivity index (χ4v) is 12.9. The first-order valence-electron chi connectivity index (χ1n) is 27.0. The van der Waals surface area contributed by atoms with E-state index in [1.807, 2.05) is 127 Å². The number of esters is 1. The van der Waals surface area contributed by atoms with Gasteiger partial charge in [-0.3, -0.25) is 19.3 Å². The first kappa shape index (κ1) is 52.1. The number of benzene rings is 6. The van der Waals surface area contributed by atoms with Gasteiger partial charge in [-0.15, -0.1) is 0 Å². The molecule has 3 fully saturated rings. The molecule has 7 atom stereocenters. The Morgan fingerprint density at radius 3 is 2.09 bits per heavy atom. The van der Waals surface area contributed by atoms with E-state index in [-0.39, 0.29) is 32.0 Å². The van der Waals surface area contributed by atoms with Gasteiger partial charge in [-0.1, -0.05) is 134 Å². The molecule has 4 aliphatic heterocycles. The van der Waals surface area contributed by atoms with Crippen LogP contribution in [0.2, 0.25) is 0 Å². The minimum Gasteiger partial charge on any atom is -0.493 e. The summed E-state index contributed by atoms with van der Waals surface area (Å²) in [5.74, 6) is 4.31. The molecule has 1 spiro atoms. The molecular formula is C64H64N4O10. The minimum atomic E-state index is -2.12. The summed E-state index contributed by atoms with van der Waals surface area (Å²) in [4.78, 5) is 70.2. The van der Waals surface area contributed by atoms with Gasteiger partial charge in [0, 0.05) is 24.2 Å². The van der Waals surface area contributed by atoms with Gasteiger partial charge in [0.2, 0.25) is 11.8 Å². The van der Waals surface area contributed by atoms with Crippen LogP contribution in [0.4, 0.5) is 10.5 Å². The lowest BCUT2D eigenvalue weighted by atomic mass is 9.64. The van der Waals surface area contributed by atoms with E-state index in [1.165, 1.54) is 0 Å². The maximum Gasteiger partial charge on any atom is 0.329 e. The van der Waals surface area contributed by atoms with Crippen molar-refractivity contribution in [3.63, 3.8) is 0 Å². The molecule has 0 radical (unpaired) electrons. The maximum absolute atomic E-state index is 17.2. The maximum atomic E-state index is 17.2. The summed E-state index contributed by atoms with van der Waals surface area (Å²) in [6, 6.07) is 39.8. The summed E-state index contributed by atoms with van der Waals surface area (Å²) in [5, 5.41) is 25.3. The standard InChI is InChI=1S/C64H64N4O10/c1-41(43-19-9-6-10-20-43)65-62(73)67-50-28-27-42(29-33-63(74)31-17-4-5-18-32-63)37-49(50)64(61(67)72)54(59(70)66-34-30-46-38-52(75-2)53(76-3)39-47(46)40-66)56-60(71)78-57(45-23-13-8-14-24-45)55(44-21-11-7-12-22-44)68(56)58(64)48-25-15-16-26-51(48)77-36-35-69/h6-16,19-28,37-39,41,54-58,69,74H,4-5,17-18,30-32,34-36,40H2,1-3H3,(H,65,73). The minimum absolute atomic E-state index is 0.0996. The van der Waals surface area contributed by atoms with Crippen LogP contribution in [0.1, 0.15) is 114 Å². The van der Waals surface area contributed by atoms with Crippen LogP contribution in [0, 0.1) is 17.8 Å². The number of morpholine rings is 1. The van der Waals surface area contributed by atoms with E-state index in [9.17, 15) is 10.2 Å². The van der Waals surface area contributed by atoms with E-state index >= 15 is 19.2 Å². The van der Waals surface area contributed by atoms with E-state index in [0.29, 0.717) is 58.8 Å². The molecule has 400 valence electrons. The smallest absolute Gasteiger partial charge is 0.329 e. The van der Waals surface area contributed by atoms with Gasteiger partial charge in [0.25, 0.3) is 0 Å². The highest BCUT2D eigenvalue weighted by Crippen LogP contribution is 2.67. The van der Waals surface area contributed by atoms with Crippen molar-refractivity contribution in [2.75, 3.05) is 38.9 Å². The van der Waals surface area contributed by atoms with Gasteiger partial charge >= 0.3 is 12.0 Å². The summed E-state index contributed by atoms with van der Waals surface area (Å²) in [7, 11) is 3.13. The molecule has 1 saturated carbocycles. The Morgan fingerprint density at radius 1 is 0.769 bits per heavy atom. The Morgan fingerprint density at radius 2 is 1.41 bits per heavy atom. The molecule has 2 saturated heterocycles.